The summed E-state index contributed by atoms with van der Waals surface area (Å²) in [5.41, 5.74) is 2.44. The molecule has 41 heavy (non-hydrogen) atoms. The number of aromatic nitrogens is 1. The predicted molar refractivity (Wildman–Crippen MR) is 153 cm³/mol. The van der Waals surface area contributed by atoms with Crippen molar-refractivity contribution in [2.75, 3.05) is 14.2 Å². The molecule has 1 unspecified atom stereocenters. The number of esters is 1. The van der Waals surface area contributed by atoms with Crippen molar-refractivity contribution in [1.29, 1.82) is 0 Å². The maximum atomic E-state index is 13.8. The highest BCUT2D eigenvalue weighted by molar-refractivity contribution is 7.07. The number of hydrogen-bond acceptors (Lipinski definition) is 9. The minimum Gasteiger partial charge on any atom is -0.493 e. The van der Waals surface area contributed by atoms with Crippen molar-refractivity contribution >= 4 is 29.1 Å². The molecule has 1 atom stereocenters. The van der Waals surface area contributed by atoms with E-state index in [4.69, 9.17) is 14.2 Å². The van der Waals surface area contributed by atoms with Crippen LogP contribution in [0.1, 0.15) is 29.7 Å². The van der Waals surface area contributed by atoms with E-state index in [1.807, 2.05) is 30.3 Å². The molecule has 1 aliphatic rings. The molecule has 10 nitrogen and oxygen atoms in total. The van der Waals surface area contributed by atoms with Crippen LogP contribution in [0.5, 0.6) is 11.5 Å². The van der Waals surface area contributed by atoms with Gasteiger partial charge in [-0.05, 0) is 54.0 Å². The summed E-state index contributed by atoms with van der Waals surface area (Å²) in [6.45, 7) is 2.03. The fourth-order valence-corrected chi connectivity index (χ4v) is 5.61. The largest absolute Gasteiger partial charge is 0.493 e. The molecule has 4 aromatic rings. The van der Waals surface area contributed by atoms with E-state index < -0.39 is 16.9 Å². The van der Waals surface area contributed by atoms with Gasteiger partial charge in [-0.3, -0.25) is 19.5 Å². The number of rotatable bonds is 8. The van der Waals surface area contributed by atoms with Crippen LogP contribution in [0.15, 0.2) is 93.9 Å². The molecular formula is C30H25N3O7S. The van der Waals surface area contributed by atoms with Gasteiger partial charge in [0.1, 0.15) is 6.61 Å². The molecule has 0 radical (unpaired) electrons. The van der Waals surface area contributed by atoms with Gasteiger partial charge in [0.15, 0.2) is 16.3 Å². The first-order valence-electron chi connectivity index (χ1n) is 12.5. The number of benzene rings is 3. The average Bonchev–Trinajstić information content (AvgIpc) is 3.29. The van der Waals surface area contributed by atoms with Crippen molar-refractivity contribution in [2.24, 2.45) is 4.99 Å². The summed E-state index contributed by atoms with van der Waals surface area (Å²) < 4.78 is 18.5. The normalized spacial score (nSPS) is 14.7. The van der Waals surface area contributed by atoms with Gasteiger partial charge >= 0.3 is 5.97 Å². The molecule has 0 N–H and O–H groups in total. The minimum atomic E-state index is -0.838. The van der Waals surface area contributed by atoms with Crippen molar-refractivity contribution in [3.8, 4) is 11.5 Å². The average molecular weight is 572 g/mol. The first kappa shape index (κ1) is 27.5. The van der Waals surface area contributed by atoms with Gasteiger partial charge in [-0.2, -0.15) is 0 Å². The first-order valence-corrected chi connectivity index (χ1v) is 13.3. The Labute approximate surface area is 238 Å². The Morgan fingerprint density at radius 1 is 1.07 bits per heavy atom. The van der Waals surface area contributed by atoms with E-state index in [0.717, 1.165) is 16.9 Å². The first-order chi connectivity index (χ1) is 19.8. The number of hydrogen-bond donors (Lipinski definition) is 0. The standard InChI is InChI=1S/C30H25N3O7S/c1-18-26(29(35)39-3)27(21-11-14-23(24(16-21)38-2)40-17-20-7-5-4-6-8-20)32-28(34)25(41-30(32)31-18)15-19-9-12-22(13-10-19)33(36)37/h4-16,27H,17H2,1-3H3. The number of carbonyl (C=O) groups is 1. The minimum absolute atomic E-state index is 0.0490. The molecule has 0 spiro atoms. The smallest absolute Gasteiger partial charge is 0.338 e. The van der Waals surface area contributed by atoms with E-state index in [1.54, 1.807) is 43.3 Å². The zero-order valence-electron chi connectivity index (χ0n) is 22.4. The highest BCUT2D eigenvalue weighted by atomic mass is 32.1. The number of fused-ring (bicyclic) bond motifs is 1. The second-order valence-corrected chi connectivity index (χ2v) is 10.1. The molecule has 0 saturated heterocycles. The van der Waals surface area contributed by atoms with Gasteiger partial charge in [0.05, 0.1) is 41.0 Å². The zero-order chi connectivity index (χ0) is 29.1. The van der Waals surface area contributed by atoms with Gasteiger partial charge in [0.2, 0.25) is 0 Å². The summed E-state index contributed by atoms with van der Waals surface area (Å²) in [4.78, 5) is 42.2. The highest BCUT2D eigenvalue weighted by Crippen LogP contribution is 2.36. The van der Waals surface area contributed by atoms with Crippen LogP contribution >= 0.6 is 11.3 Å². The molecule has 11 heteroatoms. The van der Waals surface area contributed by atoms with Gasteiger partial charge < -0.3 is 14.2 Å². The Bertz CT molecular complexity index is 1840. The number of nitrogens with zero attached hydrogens (tertiary/aromatic N) is 3. The van der Waals surface area contributed by atoms with Gasteiger partial charge in [0, 0.05) is 12.1 Å². The van der Waals surface area contributed by atoms with Crippen molar-refractivity contribution in [1.82, 2.24) is 4.57 Å². The molecule has 5 rings (SSSR count). The summed E-state index contributed by atoms with van der Waals surface area (Å²) in [5.74, 6) is 0.334. The van der Waals surface area contributed by atoms with Gasteiger partial charge in [-0.15, -0.1) is 0 Å². The number of allylic oxidation sites excluding steroid dienone is 1. The number of ether oxygens (including phenoxy) is 3. The Kier molecular flexibility index (Phi) is 7.79. The molecule has 2 heterocycles. The SMILES string of the molecule is COC(=O)C1=C(C)N=c2sc(=Cc3ccc([N+](=O)[O-])cc3)c(=O)n2C1c1ccc(OCc2ccccc2)c(OC)c1. The van der Waals surface area contributed by atoms with Crippen molar-refractivity contribution in [3.63, 3.8) is 0 Å². The third-order valence-electron chi connectivity index (χ3n) is 6.57. The fraction of sp³-hybridized carbons (Fsp3) is 0.167. The molecule has 0 aliphatic carbocycles. The number of non-ortho nitro benzene ring substituents is 1. The number of carbonyl (C=O) groups excluding carboxylic acids is 1. The Hall–Kier alpha value is -5.03. The van der Waals surface area contributed by atoms with Crippen LogP contribution in [0, 0.1) is 10.1 Å². The van der Waals surface area contributed by atoms with Gasteiger partial charge in [-0.25, -0.2) is 9.79 Å². The Morgan fingerprint density at radius 2 is 1.80 bits per heavy atom. The maximum absolute atomic E-state index is 13.8. The van der Waals surface area contributed by atoms with Crippen LogP contribution in [0.25, 0.3) is 6.08 Å². The fourth-order valence-electron chi connectivity index (χ4n) is 4.56. The number of nitro groups is 1. The Balaban J connectivity index is 1.60. The van der Waals surface area contributed by atoms with E-state index in [0.29, 0.717) is 44.3 Å². The van der Waals surface area contributed by atoms with Crippen LogP contribution in [0.4, 0.5) is 5.69 Å². The lowest BCUT2D eigenvalue weighted by Crippen LogP contribution is -2.39. The maximum Gasteiger partial charge on any atom is 0.338 e. The van der Waals surface area contributed by atoms with Crippen molar-refractivity contribution < 1.29 is 23.9 Å². The molecular weight excluding hydrogens is 546 g/mol. The molecule has 1 aliphatic heterocycles. The summed E-state index contributed by atoms with van der Waals surface area (Å²) in [6, 6.07) is 20.0. The van der Waals surface area contributed by atoms with Crippen LogP contribution < -0.4 is 24.4 Å². The van der Waals surface area contributed by atoms with Crippen LogP contribution in [0.3, 0.4) is 0 Å². The summed E-state index contributed by atoms with van der Waals surface area (Å²) in [5, 5.41) is 11.0. The second kappa shape index (κ2) is 11.6. The van der Waals surface area contributed by atoms with Crippen LogP contribution in [0.2, 0.25) is 0 Å². The van der Waals surface area contributed by atoms with Crippen LogP contribution in [-0.2, 0) is 16.1 Å². The highest BCUT2D eigenvalue weighted by Gasteiger charge is 2.33. The third kappa shape index (κ3) is 5.52. The molecule has 208 valence electrons. The van der Waals surface area contributed by atoms with E-state index in [-0.39, 0.29) is 16.8 Å². The monoisotopic (exact) mass is 571 g/mol. The third-order valence-corrected chi connectivity index (χ3v) is 7.55. The lowest BCUT2D eigenvalue weighted by atomic mass is 9.95. The molecule has 0 fully saturated rings. The number of nitro benzene ring substituents is 1. The molecule has 3 aromatic carbocycles. The summed E-state index contributed by atoms with van der Waals surface area (Å²) in [6.07, 6.45) is 1.64. The van der Waals surface area contributed by atoms with E-state index >= 15 is 0 Å². The predicted octanol–water partition coefficient (Wildman–Crippen LogP) is 3.90. The topological polar surface area (TPSA) is 122 Å². The molecule has 0 bridgehead atoms. The molecule has 0 saturated carbocycles. The van der Waals surface area contributed by atoms with E-state index in [1.165, 1.54) is 30.9 Å². The Morgan fingerprint density at radius 3 is 2.46 bits per heavy atom. The summed E-state index contributed by atoms with van der Waals surface area (Å²) >= 11 is 1.16. The quantitative estimate of drug-likeness (QED) is 0.179. The van der Waals surface area contributed by atoms with Gasteiger partial charge in [-0.1, -0.05) is 47.7 Å². The molecule has 1 aromatic heterocycles. The lowest BCUT2D eigenvalue weighted by Gasteiger charge is -2.25. The summed E-state index contributed by atoms with van der Waals surface area (Å²) in [7, 11) is 2.80. The van der Waals surface area contributed by atoms with Crippen molar-refractivity contribution in [3.05, 3.63) is 131 Å². The number of methoxy groups -OCH3 is 2. The van der Waals surface area contributed by atoms with Crippen LogP contribution in [-0.4, -0.2) is 29.7 Å². The lowest BCUT2D eigenvalue weighted by molar-refractivity contribution is -0.384. The van der Waals surface area contributed by atoms with E-state index in [9.17, 15) is 19.7 Å². The second-order valence-electron chi connectivity index (χ2n) is 9.11. The molecule has 0 amide bonds. The van der Waals surface area contributed by atoms with Crippen molar-refractivity contribution in [2.45, 2.75) is 19.6 Å². The van der Waals surface area contributed by atoms with E-state index in [2.05, 4.69) is 4.99 Å². The van der Waals surface area contributed by atoms with Gasteiger partial charge in [0.25, 0.3) is 11.2 Å². The zero-order valence-corrected chi connectivity index (χ0v) is 23.2. The number of thiazole rings is 1.